The van der Waals surface area contributed by atoms with Crippen molar-refractivity contribution in [1.29, 1.82) is 0 Å². The monoisotopic (exact) mass is 404 g/mol. The van der Waals surface area contributed by atoms with Gasteiger partial charge in [0.2, 0.25) is 5.91 Å². The second-order valence-electron chi connectivity index (χ2n) is 8.49. The van der Waals surface area contributed by atoms with Crippen LogP contribution in [0, 0.1) is 0 Å². The predicted octanol–water partition coefficient (Wildman–Crippen LogP) is -1.16. The molecule has 156 valence electrons. The van der Waals surface area contributed by atoms with Crippen LogP contribution in [0.3, 0.4) is 0 Å². The second kappa shape index (κ2) is 6.33. The lowest BCUT2D eigenvalue weighted by molar-refractivity contribution is -0.119. The van der Waals surface area contributed by atoms with E-state index in [0.29, 0.717) is 38.0 Å². The number of benzene rings is 1. The summed E-state index contributed by atoms with van der Waals surface area (Å²) in [5.41, 5.74) is 5.85. The zero-order valence-electron chi connectivity index (χ0n) is 15.7. The Labute approximate surface area is 166 Å². The van der Waals surface area contributed by atoms with Crippen LogP contribution in [0.15, 0.2) is 12.1 Å². The molecule has 3 fully saturated rings. The molecule has 6 N–H and O–H groups in total. The number of nitrogens with zero attached hydrogens (tertiary/aromatic N) is 1. The van der Waals surface area contributed by atoms with E-state index in [1.165, 1.54) is 0 Å². The summed E-state index contributed by atoms with van der Waals surface area (Å²) in [5, 5.41) is 33.0. The summed E-state index contributed by atoms with van der Waals surface area (Å²) < 4.78 is 11.2. The van der Waals surface area contributed by atoms with Crippen LogP contribution in [-0.4, -0.2) is 76.5 Å². The number of fused-ring (bicyclic) bond motifs is 3. The molecule has 11 heteroatoms. The zero-order valence-corrected chi connectivity index (χ0v) is 15.7. The lowest BCUT2D eigenvalue weighted by Gasteiger charge is -2.43. The van der Waals surface area contributed by atoms with E-state index in [4.69, 9.17) is 15.1 Å². The fourth-order valence-electron chi connectivity index (χ4n) is 4.85. The number of primary amides is 1. The maximum atomic E-state index is 11.9. The number of carbonyl (C=O) groups is 2. The molecule has 10 nitrogen and oxygen atoms in total. The van der Waals surface area contributed by atoms with E-state index in [1.54, 1.807) is 12.1 Å². The number of nitrogens with two attached hydrogens (primary N) is 1. The highest BCUT2D eigenvalue weighted by Crippen LogP contribution is 2.63. The van der Waals surface area contributed by atoms with Crippen LogP contribution in [0.2, 0.25) is 5.82 Å². The van der Waals surface area contributed by atoms with Gasteiger partial charge in [-0.3, -0.25) is 9.69 Å². The molecule has 0 radical (unpaired) electrons. The van der Waals surface area contributed by atoms with Crippen molar-refractivity contribution in [1.82, 2.24) is 10.2 Å². The summed E-state index contributed by atoms with van der Waals surface area (Å²) >= 11 is 0. The number of rotatable bonds is 5. The largest absolute Gasteiger partial charge is 0.669 e. The van der Waals surface area contributed by atoms with Crippen LogP contribution in [0.25, 0.3) is 0 Å². The molecule has 4 aliphatic rings. The Morgan fingerprint density at radius 3 is 2.69 bits per heavy atom. The first-order chi connectivity index (χ1) is 13.7. The molecule has 1 aliphatic carbocycles. The van der Waals surface area contributed by atoms with Crippen molar-refractivity contribution in [2.24, 2.45) is 5.73 Å². The van der Waals surface area contributed by atoms with E-state index in [1.807, 2.05) is 0 Å². The molecule has 1 amide bonds. The number of nitrogens with one attached hydrogen (secondary N) is 1. The lowest BCUT2D eigenvalue weighted by Crippen LogP contribution is -2.58. The van der Waals surface area contributed by atoms with Crippen molar-refractivity contribution in [3.63, 3.8) is 0 Å². The van der Waals surface area contributed by atoms with Gasteiger partial charge >= 0.3 is 12.7 Å². The highest BCUT2D eigenvalue weighted by molar-refractivity contribution is 6.62. The molecule has 0 aromatic heterocycles. The molecule has 0 unspecified atom stereocenters. The maximum Gasteiger partial charge on any atom is 0.434 e. The van der Waals surface area contributed by atoms with Gasteiger partial charge < -0.3 is 35.6 Å². The molecule has 1 aromatic carbocycles. The summed E-state index contributed by atoms with van der Waals surface area (Å²) in [6, 6.07) is 3.25. The van der Waals surface area contributed by atoms with Crippen LogP contribution in [-0.2, 0) is 4.79 Å². The van der Waals surface area contributed by atoms with E-state index < -0.39 is 12.7 Å². The lowest BCUT2D eigenvalue weighted by atomic mass is 9.68. The van der Waals surface area contributed by atoms with E-state index >= 15 is 0 Å². The summed E-state index contributed by atoms with van der Waals surface area (Å²) in [5.74, 6) is -1.90. The van der Waals surface area contributed by atoms with Gasteiger partial charge in [0.25, 0.3) is 0 Å². The molecule has 4 atom stereocenters. The van der Waals surface area contributed by atoms with E-state index in [2.05, 4.69) is 10.2 Å². The third-order valence-electron chi connectivity index (χ3n) is 6.59. The van der Waals surface area contributed by atoms with Crippen molar-refractivity contribution in [2.75, 3.05) is 19.6 Å². The number of hydrogen-bond donors (Lipinski definition) is 5. The average Bonchev–Trinajstić information content (AvgIpc) is 3.28. The Bertz CT molecular complexity index is 888. The minimum Gasteiger partial charge on any atom is -0.669 e. The van der Waals surface area contributed by atoms with Crippen molar-refractivity contribution >= 4 is 18.6 Å². The molecule has 0 spiro atoms. The van der Waals surface area contributed by atoms with E-state index in [9.17, 15) is 24.7 Å². The van der Waals surface area contributed by atoms with Crippen LogP contribution >= 0.6 is 0 Å². The summed E-state index contributed by atoms with van der Waals surface area (Å²) in [7, 11) is 0. The van der Waals surface area contributed by atoms with E-state index in [-0.39, 0.29) is 52.9 Å². The van der Waals surface area contributed by atoms with Crippen molar-refractivity contribution < 1.29 is 34.1 Å². The minimum absolute atomic E-state index is 0.000720. The molecular formula is C18H23BN3O7-. The average molecular weight is 404 g/mol. The number of likely N-dealkylation sites (tertiary alicyclic amines) is 1. The summed E-state index contributed by atoms with van der Waals surface area (Å²) in [6.45, 7) is -1.18. The molecule has 0 bridgehead atoms. The maximum absolute atomic E-state index is 11.9. The van der Waals surface area contributed by atoms with Gasteiger partial charge in [0, 0.05) is 25.7 Å². The van der Waals surface area contributed by atoms with Gasteiger partial charge in [-0.2, -0.15) is 0 Å². The van der Waals surface area contributed by atoms with Gasteiger partial charge in [-0.15, -0.1) is 0 Å². The zero-order chi connectivity index (χ0) is 20.5. The number of amides is 1. The Hall–Kier alpha value is -2.34. The third-order valence-corrected chi connectivity index (χ3v) is 6.59. The fourth-order valence-corrected chi connectivity index (χ4v) is 4.85. The minimum atomic E-state index is -3.06. The fraction of sp³-hybridized carbons (Fsp3) is 0.556. The Balaban J connectivity index is 1.30. The molecule has 29 heavy (non-hydrogen) atoms. The number of hydrogen-bond acceptors (Lipinski definition) is 8. The van der Waals surface area contributed by atoms with Gasteiger partial charge in [0.15, 0.2) is 0 Å². The Kier molecular flexibility index (Phi) is 4.08. The quantitative estimate of drug-likeness (QED) is 0.382. The molecule has 3 aliphatic heterocycles. The summed E-state index contributed by atoms with van der Waals surface area (Å²) in [6.07, 6.45) is 1.02. The molecule has 1 saturated carbocycles. The second-order valence-corrected chi connectivity index (χ2v) is 8.49. The van der Waals surface area contributed by atoms with Gasteiger partial charge in [-0.1, -0.05) is 18.3 Å². The van der Waals surface area contributed by atoms with E-state index in [0.717, 1.165) is 0 Å². The number of aromatic carboxylic acids is 1. The topological polar surface area (TPSA) is 155 Å². The summed E-state index contributed by atoms with van der Waals surface area (Å²) in [4.78, 5) is 25.4. The van der Waals surface area contributed by atoms with Crippen LogP contribution in [0.4, 0.5) is 0 Å². The first-order valence-corrected chi connectivity index (χ1v) is 9.86. The van der Waals surface area contributed by atoms with Gasteiger partial charge in [0.05, 0.1) is 11.8 Å². The highest BCUT2D eigenvalue weighted by atomic mass is 16.6. The first-order valence-electron chi connectivity index (χ1n) is 9.86. The molecule has 3 heterocycles. The van der Waals surface area contributed by atoms with Crippen molar-refractivity contribution in [3.8, 4) is 11.5 Å². The van der Waals surface area contributed by atoms with Gasteiger partial charge in [0.1, 0.15) is 17.4 Å². The van der Waals surface area contributed by atoms with Crippen LogP contribution < -0.4 is 20.4 Å². The predicted molar refractivity (Wildman–Crippen MR) is 101 cm³/mol. The number of carboxylic acids is 1. The molecule has 5 rings (SSSR count). The SMILES string of the molecule is NC(=O)[C@H]1C[C@H](N2CC(Oc3ccc4c(c3C(=O)O)O[B-](O)(O)[C@@H]3C[C@H]43)C2)CN1. The van der Waals surface area contributed by atoms with Crippen molar-refractivity contribution in [3.05, 3.63) is 23.3 Å². The van der Waals surface area contributed by atoms with Crippen LogP contribution in [0.5, 0.6) is 11.5 Å². The number of carbonyl (C=O) groups excluding carboxylic acids is 1. The Morgan fingerprint density at radius 2 is 2.03 bits per heavy atom. The number of ether oxygens (including phenoxy) is 1. The standard InChI is InChI=1S/C18H23BN3O7/c20-17(23)13-3-8(5-21-13)22-6-9(7-22)28-14-2-1-10-11-4-12(11)19(26,27)29-16(10)15(14)18(24)25/h1-2,8-9,11-13,21,26-27H,3-7H2,(H2,20,23)(H,24,25)/q-1/t8-,11+,12+,13+/m0/s1. The highest BCUT2D eigenvalue weighted by Gasteiger charge is 2.55. The first kappa shape index (κ1) is 18.7. The molecule has 1 aromatic rings. The normalized spacial score (nSPS) is 32.5. The Morgan fingerprint density at radius 1 is 1.28 bits per heavy atom. The molecule has 2 saturated heterocycles. The van der Waals surface area contributed by atoms with Crippen LogP contribution in [0.1, 0.15) is 34.7 Å². The number of carboxylic acid groups (broad SMARTS) is 1. The smallest absolute Gasteiger partial charge is 0.434 e. The molecular weight excluding hydrogens is 381 g/mol. The van der Waals surface area contributed by atoms with Gasteiger partial charge in [-0.05, 0) is 24.0 Å². The van der Waals surface area contributed by atoms with Gasteiger partial charge in [-0.25, -0.2) is 4.79 Å². The van der Waals surface area contributed by atoms with Crippen molar-refractivity contribution in [2.45, 2.75) is 42.8 Å². The third kappa shape index (κ3) is 3.05.